The fraction of sp³-hybridized carbons (Fsp3) is 0.0625. The number of nitrogens with one attached hydrogen (secondary N) is 1. The standard InChI is InChI=1S/C14H11N3O.C2HF3O2/c15-10-7-5-9(6-8-10)13-11-3-1-2-4-12(11)14(18)17-16-13;3-2(4,5)1(6)7/h1-8H,15H2,(H,17,18);(H,6,7). The Balaban J connectivity index is 0.000000277. The van der Waals surface area contributed by atoms with Crippen LogP contribution in [0.25, 0.3) is 22.0 Å². The Labute approximate surface area is 138 Å². The first kappa shape index (κ1) is 18.0. The summed E-state index contributed by atoms with van der Waals surface area (Å²) < 4.78 is 31.7. The maximum absolute atomic E-state index is 11.7. The average Bonchev–Trinajstić information content (AvgIpc) is 2.56. The third kappa shape index (κ3) is 4.34. The van der Waals surface area contributed by atoms with E-state index in [0.717, 1.165) is 16.6 Å². The Hall–Kier alpha value is -3.36. The zero-order valence-electron chi connectivity index (χ0n) is 12.5. The molecule has 3 aromatic rings. The SMILES string of the molecule is Nc1ccc(-c2n[nH]c(=O)c3ccccc23)cc1.O=C(O)C(F)(F)F. The van der Waals surface area contributed by atoms with Gasteiger partial charge in [-0.1, -0.05) is 30.3 Å². The molecule has 2 aromatic carbocycles. The first-order chi connectivity index (χ1) is 11.7. The first-order valence-corrected chi connectivity index (χ1v) is 6.83. The van der Waals surface area contributed by atoms with Gasteiger partial charge in [0.05, 0.1) is 11.1 Å². The average molecular weight is 351 g/mol. The molecule has 1 aromatic heterocycles. The highest BCUT2D eigenvalue weighted by Crippen LogP contribution is 2.24. The molecule has 0 saturated heterocycles. The van der Waals surface area contributed by atoms with Crippen molar-refractivity contribution >= 4 is 22.4 Å². The van der Waals surface area contributed by atoms with Crippen LogP contribution in [0.3, 0.4) is 0 Å². The van der Waals surface area contributed by atoms with Gasteiger partial charge >= 0.3 is 12.1 Å². The molecule has 130 valence electrons. The molecule has 0 aliphatic rings. The lowest BCUT2D eigenvalue weighted by Crippen LogP contribution is -2.21. The topological polar surface area (TPSA) is 109 Å². The van der Waals surface area contributed by atoms with Crippen LogP contribution < -0.4 is 11.3 Å². The molecule has 0 spiro atoms. The molecule has 4 N–H and O–H groups in total. The zero-order valence-corrected chi connectivity index (χ0v) is 12.5. The van der Waals surface area contributed by atoms with E-state index in [1.165, 1.54) is 0 Å². The molecule has 0 aliphatic carbocycles. The summed E-state index contributed by atoms with van der Waals surface area (Å²) in [4.78, 5) is 20.6. The van der Waals surface area contributed by atoms with Gasteiger partial charge in [-0.05, 0) is 18.2 Å². The molecule has 0 saturated carbocycles. The molecular weight excluding hydrogens is 339 g/mol. The van der Waals surface area contributed by atoms with Crippen LogP contribution in [0.1, 0.15) is 0 Å². The van der Waals surface area contributed by atoms with Crippen molar-refractivity contribution in [3.63, 3.8) is 0 Å². The van der Waals surface area contributed by atoms with E-state index in [-0.39, 0.29) is 5.56 Å². The summed E-state index contributed by atoms with van der Waals surface area (Å²) in [6.07, 6.45) is -5.08. The second-order valence-electron chi connectivity index (χ2n) is 4.87. The molecule has 0 atom stereocenters. The largest absolute Gasteiger partial charge is 0.490 e. The Morgan fingerprint density at radius 2 is 1.56 bits per heavy atom. The van der Waals surface area contributed by atoms with E-state index in [4.69, 9.17) is 15.6 Å². The number of carbonyl (C=O) groups is 1. The number of rotatable bonds is 1. The highest BCUT2D eigenvalue weighted by molar-refractivity contribution is 5.93. The van der Waals surface area contributed by atoms with Crippen molar-refractivity contribution < 1.29 is 23.1 Å². The minimum atomic E-state index is -5.08. The molecule has 0 fully saturated rings. The predicted molar refractivity (Wildman–Crippen MR) is 85.9 cm³/mol. The van der Waals surface area contributed by atoms with Crippen LogP contribution in [0.5, 0.6) is 0 Å². The number of fused-ring (bicyclic) bond motifs is 1. The van der Waals surface area contributed by atoms with Crippen molar-refractivity contribution in [3.8, 4) is 11.3 Å². The second-order valence-corrected chi connectivity index (χ2v) is 4.87. The monoisotopic (exact) mass is 351 g/mol. The summed E-state index contributed by atoms with van der Waals surface area (Å²) in [6, 6.07) is 14.8. The van der Waals surface area contributed by atoms with Crippen molar-refractivity contribution in [1.82, 2.24) is 10.2 Å². The molecule has 0 aliphatic heterocycles. The highest BCUT2D eigenvalue weighted by Gasteiger charge is 2.38. The number of aromatic nitrogens is 2. The number of nitrogens with two attached hydrogens (primary N) is 1. The molecular formula is C16H12F3N3O3. The Morgan fingerprint density at radius 1 is 1.04 bits per heavy atom. The van der Waals surface area contributed by atoms with Crippen LogP contribution in [0.15, 0.2) is 53.3 Å². The number of anilines is 1. The van der Waals surface area contributed by atoms with Crippen LogP contribution in [-0.4, -0.2) is 27.4 Å². The molecule has 1 heterocycles. The smallest absolute Gasteiger partial charge is 0.475 e. The van der Waals surface area contributed by atoms with E-state index in [1.54, 1.807) is 6.07 Å². The van der Waals surface area contributed by atoms with E-state index < -0.39 is 12.1 Å². The number of nitrogen functional groups attached to an aromatic ring is 1. The van der Waals surface area contributed by atoms with E-state index >= 15 is 0 Å². The first-order valence-electron chi connectivity index (χ1n) is 6.83. The number of carboxylic acid groups (broad SMARTS) is 1. The van der Waals surface area contributed by atoms with Gasteiger partial charge in [-0.15, -0.1) is 0 Å². The van der Waals surface area contributed by atoms with Crippen molar-refractivity contribution in [2.45, 2.75) is 6.18 Å². The molecule has 0 unspecified atom stereocenters. The molecule has 9 heteroatoms. The van der Waals surface area contributed by atoms with Gasteiger partial charge in [0, 0.05) is 16.6 Å². The Bertz CT molecular complexity index is 950. The molecule has 3 rings (SSSR count). The summed E-state index contributed by atoms with van der Waals surface area (Å²) >= 11 is 0. The summed E-state index contributed by atoms with van der Waals surface area (Å²) in [5, 5.41) is 15.2. The quantitative estimate of drug-likeness (QED) is 0.584. The van der Waals surface area contributed by atoms with Gasteiger partial charge in [0.1, 0.15) is 0 Å². The third-order valence-electron chi connectivity index (χ3n) is 3.12. The van der Waals surface area contributed by atoms with Gasteiger partial charge in [0.25, 0.3) is 5.56 Å². The number of benzene rings is 2. The van der Waals surface area contributed by atoms with Crippen molar-refractivity contribution in [1.29, 1.82) is 0 Å². The Kier molecular flexibility index (Phi) is 5.06. The molecule has 0 amide bonds. The van der Waals surface area contributed by atoms with Gasteiger partial charge in [-0.2, -0.15) is 18.3 Å². The summed E-state index contributed by atoms with van der Waals surface area (Å²) in [5.74, 6) is -2.76. The van der Waals surface area contributed by atoms with E-state index in [0.29, 0.717) is 11.1 Å². The fourth-order valence-electron chi connectivity index (χ4n) is 1.98. The van der Waals surface area contributed by atoms with E-state index in [9.17, 15) is 18.0 Å². The van der Waals surface area contributed by atoms with Crippen LogP contribution in [0.4, 0.5) is 18.9 Å². The van der Waals surface area contributed by atoms with Gasteiger partial charge in [-0.25, -0.2) is 9.89 Å². The van der Waals surface area contributed by atoms with Crippen LogP contribution in [0, 0.1) is 0 Å². The summed E-state index contributed by atoms with van der Waals surface area (Å²) in [5.41, 5.74) is 7.87. The maximum Gasteiger partial charge on any atom is 0.490 e. The fourth-order valence-corrected chi connectivity index (χ4v) is 1.98. The van der Waals surface area contributed by atoms with Crippen LogP contribution in [-0.2, 0) is 4.79 Å². The number of hydrogen-bond acceptors (Lipinski definition) is 4. The lowest BCUT2D eigenvalue weighted by molar-refractivity contribution is -0.192. The number of aromatic amines is 1. The van der Waals surface area contributed by atoms with E-state index in [2.05, 4.69) is 10.2 Å². The zero-order chi connectivity index (χ0) is 18.6. The van der Waals surface area contributed by atoms with Crippen LogP contribution in [0.2, 0.25) is 0 Å². The minimum absolute atomic E-state index is 0.176. The maximum atomic E-state index is 11.7. The normalized spacial score (nSPS) is 10.8. The van der Waals surface area contributed by atoms with E-state index in [1.807, 2.05) is 42.5 Å². The lowest BCUT2D eigenvalue weighted by atomic mass is 10.1. The number of nitrogens with zero attached hydrogens (tertiary/aromatic N) is 1. The lowest BCUT2D eigenvalue weighted by Gasteiger charge is -2.05. The molecule has 25 heavy (non-hydrogen) atoms. The highest BCUT2D eigenvalue weighted by atomic mass is 19.4. The summed E-state index contributed by atoms with van der Waals surface area (Å²) in [7, 11) is 0. The van der Waals surface area contributed by atoms with Gasteiger partial charge < -0.3 is 10.8 Å². The number of hydrogen-bond donors (Lipinski definition) is 3. The Morgan fingerprint density at radius 3 is 2.08 bits per heavy atom. The molecule has 6 nitrogen and oxygen atoms in total. The number of alkyl halides is 3. The van der Waals surface area contributed by atoms with Gasteiger partial charge in [-0.3, -0.25) is 4.79 Å². The minimum Gasteiger partial charge on any atom is -0.475 e. The number of carboxylic acids is 1. The van der Waals surface area contributed by atoms with Gasteiger partial charge in [0.2, 0.25) is 0 Å². The third-order valence-corrected chi connectivity index (χ3v) is 3.12. The number of aliphatic carboxylic acids is 1. The van der Waals surface area contributed by atoms with Crippen molar-refractivity contribution in [3.05, 3.63) is 58.9 Å². The molecule has 0 bridgehead atoms. The number of halogens is 3. The number of H-pyrrole nitrogens is 1. The second kappa shape index (κ2) is 7.04. The van der Waals surface area contributed by atoms with Gasteiger partial charge in [0.15, 0.2) is 0 Å². The van der Waals surface area contributed by atoms with Crippen molar-refractivity contribution in [2.24, 2.45) is 0 Å². The summed E-state index contributed by atoms with van der Waals surface area (Å²) in [6.45, 7) is 0. The predicted octanol–water partition coefficient (Wildman–Crippen LogP) is 2.81. The van der Waals surface area contributed by atoms with Crippen molar-refractivity contribution in [2.75, 3.05) is 5.73 Å². The van der Waals surface area contributed by atoms with Crippen LogP contribution >= 0.6 is 0 Å². The molecule has 0 radical (unpaired) electrons.